The van der Waals surface area contributed by atoms with Gasteiger partial charge in [0.1, 0.15) is 28.8 Å². The molecule has 0 spiro atoms. The number of methoxy groups -OCH3 is 1. The zero-order chi connectivity index (χ0) is 18.8. The van der Waals surface area contributed by atoms with Crippen molar-refractivity contribution < 1.29 is 27.4 Å². The van der Waals surface area contributed by atoms with E-state index in [9.17, 15) is 18.0 Å². The Morgan fingerprint density at radius 1 is 1.12 bits per heavy atom. The van der Waals surface area contributed by atoms with E-state index in [2.05, 4.69) is 9.72 Å². The molecular weight excluding hydrogens is 335 g/mol. The largest absolute Gasteiger partial charge is 0.464 e. The monoisotopic (exact) mass is 353 g/mol. The van der Waals surface area contributed by atoms with Crippen LogP contribution in [-0.2, 0) is 15.1 Å². The van der Waals surface area contributed by atoms with Crippen molar-refractivity contribution in [1.82, 2.24) is 4.98 Å². The predicted molar refractivity (Wildman–Crippen MR) is 85.5 cm³/mol. The first-order valence-electron chi connectivity index (χ1n) is 7.60. The summed E-state index contributed by atoms with van der Waals surface area (Å²) in [5.41, 5.74) is -2.17. The third-order valence-electron chi connectivity index (χ3n) is 3.72. The van der Waals surface area contributed by atoms with Gasteiger partial charge in [-0.05, 0) is 50.6 Å². The first-order chi connectivity index (χ1) is 11.7. The SMILES string of the molecule is CCOC(C)(C)c1cc(F)c(-c2nc(C(=O)OC)ccc2F)c(F)c1. The van der Waals surface area contributed by atoms with E-state index in [4.69, 9.17) is 4.74 Å². The Labute approximate surface area is 143 Å². The number of pyridine rings is 1. The van der Waals surface area contributed by atoms with Gasteiger partial charge < -0.3 is 9.47 Å². The van der Waals surface area contributed by atoms with E-state index in [0.29, 0.717) is 6.61 Å². The van der Waals surface area contributed by atoms with Gasteiger partial charge in [0.25, 0.3) is 0 Å². The molecule has 1 aromatic heterocycles. The summed E-state index contributed by atoms with van der Waals surface area (Å²) in [7, 11) is 1.12. The quantitative estimate of drug-likeness (QED) is 0.755. The number of hydrogen-bond acceptors (Lipinski definition) is 4. The van der Waals surface area contributed by atoms with Gasteiger partial charge in [0.15, 0.2) is 0 Å². The predicted octanol–water partition coefficient (Wildman–Crippen LogP) is 4.22. The van der Waals surface area contributed by atoms with Crippen LogP contribution >= 0.6 is 0 Å². The van der Waals surface area contributed by atoms with E-state index < -0.39 is 40.3 Å². The fraction of sp³-hybridized carbons (Fsp3) is 0.333. The minimum atomic E-state index is -1.00. The molecule has 0 saturated heterocycles. The van der Waals surface area contributed by atoms with Crippen molar-refractivity contribution in [3.63, 3.8) is 0 Å². The van der Waals surface area contributed by atoms with Gasteiger partial charge in [-0.2, -0.15) is 0 Å². The number of rotatable bonds is 5. The van der Waals surface area contributed by atoms with Gasteiger partial charge in [-0.25, -0.2) is 22.9 Å². The van der Waals surface area contributed by atoms with Crippen molar-refractivity contribution in [2.75, 3.05) is 13.7 Å². The lowest BCUT2D eigenvalue weighted by atomic mass is 9.95. The number of aromatic nitrogens is 1. The number of benzene rings is 1. The Morgan fingerprint density at radius 2 is 1.72 bits per heavy atom. The number of ether oxygens (including phenoxy) is 2. The van der Waals surface area contributed by atoms with Crippen LogP contribution in [0.3, 0.4) is 0 Å². The van der Waals surface area contributed by atoms with E-state index >= 15 is 0 Å². The molecule has 0 fully saturated rings. The highest BCUT2D eigenvalue weighted by atomic mass is 19.1. The Kier molecular flexibility index (Phi) is 5.47. The molecule has 0 atom stereocenters. The van der Waals surface area contributed by atoms with Crippen LogP contribution in [0.5, 0.6) is 0 Å². The standard InChI is InChI=1S/C18H18F3NO3/c1-5-25-18(2,3)10-8-12(20)15(13(21)9-10)16-11(19)6-7-14(22-16)17(23)24-4/h6-9H,5H2,1-4H3. The molecule has 25 heavy (non-hydrogen) atoms. The fourth-order valence-electron chi connectivity index (χ4n) is 2.43. The summed E-state index contributed by atoms with van der Waals surface area (Å²) in [6.07, 6.45) is 0. The third kappa shape index (κ3) is 3.82. The second kappa shape index (κ2) is 7.23. The van der Waals surface area contributed by atoms with Gasteiger partial charge in [0, 0.05) is 6.61 Å². The number of carbonyl (C=O) groups is 1. The first kappa shape index (κ1) is 18.9. The van der Waals surface area contributed by atoms with Crippen LogP contribution in [0.2, 0.25) is 0 Å². The molecule has 0 aliphatic heterocycles. The van der Waals surface area contributed by atoms with Gasteiger partial charge in [-0.1, -0.05) is 0 Å². The Balaban J connectivity index is 2.60. The average Bonchev–Trinajstić information content (AvgIpc) is 2.55. The lowest BCUT2D eigenvalue weighted by molar-refractivity contribution is -0.0144. The number of halogens is 3. The zero-order valence-corrected chi connectivity index (χ0v) is 14.3. The molecule has 2 rings (SSSR count). The number of esters is 1. The highest BCUT2D eigenvalue weighted by Gasteiger charge is 2.26. The van der Waals surface area contributed by atoms with Gasteiger partial charge in [0.2, 0.25) is 0 Å². The molecule has 1 aromatic carbocycles. The maximum atomic E-state index is 14.5. The summed E-state index contributed by atoms with van der Waals surface area (Å²) in [5.74, 6) is -3.80. The second-order valence-corrected chi connectivity index (χ2v) is 5.78. The molecule has 0 N–H and O–H groups in total. The molecule has 0 aliphatic carbocycles. The molecular formula is C18H18F3NO3. The van der Waals surface area contributed by atoms with Crippen molar-refractivity contribution in [1.29, 1.82) is 0 Å². The van der Waals surface area contributed by atoms with E-state index in [1.54, 1.807) is 20.8 Å². The third-order valence-corrected chi connectivity index (χ3v) is 3.72. The topological polar surface area (TPSA) is 48.4 Å². The Morgan fingerprint density at radius 3 is 2.24 bits per heavy atom. The van der Waals surface area contributed by atoms with Crippen LogP contribution in [0.25, 0.3) is 11.3 Å². The van der Waals surface area contributed by atoms with Crippen LogP contribution in [0.15, 0.2) is 24.3 Å². The lowest BCUT2D eigenvalue weighted by Gasteiger charge is -2.25. The van der Waals surface area contributed by atoms with E-state index in [1.165, 1.54) is 0 Å². The van der Waals surface area contributed by atoms with Gasteiger partial charge >= 0.3 is 5.97 Å². The van der Waals surface area contributed by atoms with Crippen LogP contribution in [0, 0.1) is 17.5 Å². The average molecular weight is 353 g/mol. The molecule has 134 valence electrons. The van der Waals surface area contributed by atoms with Crippen LogP contribution in [0.1, 0.15) is 36.8 Å². The summed E-state index contributed by atoms with van der Waals surface area (Å²) < 4.78 is 53.1. The summed E-state index contributed by atoms with van der Waals surface area (Å²) in [5, 5.41) is 0. The molecule has 2 aromatic rings. The van der Waals surface area contributed by atoms with Gasteiger partial charge in [0.05, 0.1) is 18.3 Å². The summed E-state index contributed by atoms with van der Waals surface area (Å²) in [6, 6.07) is 4.12. The molecule has 4 nitrogen and oxygen atoms in total. The van der Waals surface area contributed by atoms with E-state index in [1.807, 2.05) is 0 Å². The van der Waals surface area contributed by atoms with E-state index in [0.717, 1.165) is 31.4 Å². The van der Waals surface area contributed by atoms with Gasteiger partial charge in [-0.15, -0.1) is 0 Å². The maximum absolute atomic E-state index is 14.5. The van der Waals surface area contributed by atoms with Crippen molar-refractivity contribution in [2.24, 2.45) is 0 Å². The first-order valence-corrected chi connectivity index (χ1v) is 7.60. The molecule has 0 amide bonds. The minimum Gasteiger partial charge on any atom is -0.464 e. The van der Waals surface area contributed by atoms with Crippen LogP contribution in [-0.4, -0.2) is 24.7 Å². The number of hydrogen-bond donors (Lipinski definition) is 0. The van der Waals surface area contributed by atoms with Crippen LogP contribution < -0.4 is 0 Å². The number of carbonyl (C=O) groups excluding carboxylic acids is 1. The Bertz CT molecular complexity index is 783. The normalized spacial score (nSPS) is 11.5. The number of nitrogens with zero attached hydrogens (tertiary/aromatic N) is 1. The Hall–Kier alpha value is -2.41. The second-order valence-electron chi connectivity index (χ2n) is 5.78. The lowest BCUT2D eigenvalue weighted by Crippen LogP contribution is -2.22. The highest BCUT2D eigenvalue weighted by molar-refractivity contribution is 5.87. The highest BCUT2D eigenvalue weighted by Crippen LogP contribution is 2.33. The van der Waals surface area contributed by atoms with Crippen LogP contribution in [0.4, 0.5) is 13.2 Å². The fourth-order valence-corrected chi connectivity index (χ4v) is 2.43. The van der Waals surface area contributed by atoms with Crippen molar-refractivity contribution in [3.8, 4) is 11.3 Å². The molecule has 7 heteroatoms. The molecule has 1 heterocycles. The van der Waals surface area contributed by atoms with Crippen molar-refractivity contribution >= 4 is 5.97 Å². The minimum absolute atomic E-state index is 0.253. The maximum Gasteiger partial charge on any atom is 0.356 e. The van der Waals surface area contributed by atoms with Crippen molar-refractivity contribution in [3.05, 3.63) is 53.0 Å². The zero-order valence-electron chi connectivity index (χ0n) is 14.3. The van der Waals surface area contributed by atoms with E-state index in [-0.39, 0.29) is 11.3 Å². The molecule has 0 radical (unpaired) electrons. The molecule has 0 saturated carbocycles. The molecule has 0 unspecified atom stereocenters. The smallest absolute Gasteiger partial charge is 0.356 e. The summed E-state index contributed by atoms with van der Waals surface area (Å²) in [6.45, 7) is 5.46. The molecule has 0 bridgehead atoms. The summed E-state index contributed by atoms with van der Waals surface area (Å²) >= 11 is 0. The summed E-state index contributed by atoms with van der Waals surface area (Å²) in [4.78, 5) is 15.2. The molecule has 0 aliphatic rings. The van der Waals surface area contributed by atoms with Crippen molar-refractivity contribution in [2.45, 2.75) is 26.4 Å². The van der Waals surface area contributed by atoms with Gasteiger partial charge in [-0.3, -0.25) is 0 Å².